The third kappa shape index (κ3) is 2.44. The minimum absolute atomic E-state index is 0.0555. The van der Waals surface area contributed by atoms with Crippen LogP contribution in [0.5, 0.6) is 0 Å². The van der Waals surface area contributed by atoms with Gasteiger partial charge in [-0.15, -0.1) is 0 Å². The second kappa shape index (κ2) is 3.97. The van der Waals surface area contributed by atoms with Gasteiger partial charge in [0.15, 0.2) is 0 Å². The monoisotopic (exact) mass is 185 g/mol. The molecule has 2 nitrogen and oxygen atoms in total. The van der Waals surface area contributed by atoms with Gasteiger partial charge < -0.3 is 5.11 Å². The van der Waals surface area contributed by atoms with Gasteiger partial charge in [0.1, 0.15) is 0 Å². The highest BCUT2D eigenvalue weighted by atomic mass is 16.3. The van der Waals surface area contributed by atoms with Crippen LogP contribution >= 0.6 is 0 Å². The van der Waals surface area contributed by atoms with Gasteiger partial charge in [-0.05, 0) is 46.6 Å². The molecule has 0 spiro atoms. The second-order valence-electron chi connectivity index (χ2n) is 4.90. The van der Waals surface area contributed by atoms with Crippen molar-refractivity contribution >= 4 is 0 Å². The van der Waals surface area contributed by atoms with Crippen molar-refractivity contribution < 1.29 is 5.11 Å². The molecule has 0 aromatic heterocycles. The van der Waals surface area contributed by atoms with Crippen LogP contribution in [0.1, 0.15) is 46.5 Å². The second-order valence-corrected chi connectivity index (χ2v) is 4.90. The normalized spacial score (nSPS) is 30.0. The van der Waals surface area contributed by atoms with Crippen LogP contribution in [0, 0.1) is 0 Å². The molecule has 13 heavy (non-hydrogen) atoms. The highest BCUT2D eigenvalue weighted by molar-refractivity contribution is 4.88. The molecular formula is C11H23NO. The average molecular weight is 185 g/mol. The zero-order chi connectivity index (χ0) is 10.1. The lowest BCUT2D eigenvalue weighted by Gasteiger charge is -2.39. The van der Waals surface area contributed by atoms with E-state index < -0.39 is 0 Å². The summed E-state index contributed by atoms with van der Waals surface area (Å²) in [6.07, 6.45) is 4.20. The Hall–Kier alpha value is -0.0800. The van der Waals surface area contributed by atoms with E-state index in [1.807, 2.05) is 0 Å². The molecule has 0 heterocycles. The zero-order valence-corrected chi connectivity index (χ0v) is 9.38. The first kappa shape index (κ1) is 11.0. The van der Waals surface area contributed by atoms with Crippen LogP contribution in [-0.2, 0) is 0 Å². The minimum Gasteiger partial charge on any atom is -0.393 e. The van der Waals surface area contributed by atoms with Crippen molar-refractivity contribution in [2.75, 3.05) is 7.05 Å². The molecule has 1 aliphatic carbocycles. The van der Waals surface area contributed by atoms with Gasteiger partial charge in [-0.25, -0.2) is 0 Å². The summed E-state index contributed by atoms with van der Waals surface area (Å²) >= 11 is 0. The molecule has 1 N–H and O–H groups in total. The first-order valence-electron chi connectivity index (χ1n) is 5.38. The third-order valence-corrected chi connectivity index (χ3v) is 3.75. The van der Waals surface area contributed by atoms with Crippen molar-refractivity contribution in [3.63, 3.8) is 0 Å². The van der Waals surface area contributed by atoms with E-state index in [0.29, 0.717) is 6.04 Å². The number of aliphatic hydroxyl groups is 1. The summed E-state index contributed by atoms with van der Waals surface area (Å²) in [5.41, 5.74) is 0.273. The number of nitrogens with zero attached hydrogens (tertiary/aromatic N) is 1. The van der Waals surface area contributed by atoms with Crippen molar-refractivity contribution in [3.8, 4) is 0 Å². The van der Waals surface area contributed by atoms with Crippen LogP contribution < -0.4 is 0 Å². The quantitative estimate of drug-likeness (QED) is 0.727. The molecule has 2 heteroatoms. The summed E-state index contributed by atoms with van der Waals surface area (Å²) < 4.78 is 0. The Morgan fingerprint density at radius 1 is 1.38 bits per heavy atom. The van der Waals surface area contributed by atoms with Crippen LogP contribution in [0.15, 0.2) is 0 Å². The first-order valence-corrected chi connectivity index (χ1v) is 5.38. The molecule has 0 aromatic carbocycles. The number of hydrogen-bond donors (Lipinski definition) is 1. The molecule has 1 fully saturated rings. The fraction of sp³-hybridized carbons (Fsp3) is 1.00. The summed E-state index contributed by atoms with van der Waals surface area (Å²) in [4.78, 5) is 2.43. The smallest absolute Gasteiger partial charge is 0.0555 e. The van der Waals surface area contributed by atoms with Gasteiger partial charge in [-0.2, -0.15) is 0 Å². The summed E-state index contributed by atoms with van der Waals surface area (Å²) in [6, 6.07) is 0.588. The van der Waals surface area contributed by atoms with Crippen molar-refractivity contribution in [1.82, 2.24) is 4.90 Å². The topological polar surface area (TPSA) is 23.5 Å². The summed E-state index contributed by atoms with van der Waals surface area (Å²) in [5, 5.41) is 9.46. The van der Waals surface area contributed by atoms with Crippen molar-refractivity contribution in [1.29, 1.82) is 0 Å². The molecule has 0 radical (unpaired) electrons. The third-order valence-electron chi connectivity index (χ3n) is 3.75. The van der Waals surface area contributed by atoms with Gasteiger partial charge in [-0.3, -0.25) is 4.90 Å². The largest absolute Gasteiger partial charge is 0.393 e. The number of aliphatic hydroxyl groups excluding tert-OH is 1. The standard InChI is InChI=1S/C11H23NO/c1-5-11(2,3)12(4)9-6-7-10(13)8-9/h9-10,13H,5-8H2,1-4H3. The van der Waals surface area contributed by atoms with Gasteiger partial charge in [0.25, 0.3) is 0 Å². The van der Waals surface area contributed by atoms with Gasteiger partial charge in [-0.1, -0.05) is 6.92 Å². The Bertz CT molecular complexity index is 167. The molecule has 1 rings (SSSR count). The van der Waals surface area contributed by atoms with E-state index in [1.165, 1.54) is 0 Å². The Balaban J connectivity index is 2.52. The van der Waals surface area contributed by atoms with Crippen LogP contribution in [0.2, 0.25) is 0 Å². The molecule has 0 amide bonds. The molecule has 0 bridgehead atoms. The van der Waals surface area contributed by atoms with Gasteiger partial charge in [0.2, 0.25) is 0 Å². The highest BCUT2D eigenvalue weighted by Gasteiger charge is 2.32. The molecular weight excluding hydrogens is 162 g/mol. The number of hydrogen-bond acceptors (Lipinski definition) is 2. The molecule has 78 valence electrons. The summed E-state index contributed by atoms with van der Waals surface area (Å²) in [5.74, 6) is 0. The highest BCUT2D eigenvalue weighted by Crippen LogP contribution is 2.29. The lowest BCUT2D eigenvalue weighted by atomic mass is 9.97. The molecule has 0 saturated heterocycles. The van der Waals surface area contributed by atoms with Gasteiger partial charge in [0, 0.05) is 11.6 Å². The predicted octanol–water partition coefficient (Wildman–Crippen LogP) is 2.02. The van der Waals surface area contributed by atoms with E-state index in [9.17, 15) is 5.11 Å². The lowest BCUT2D eigenvalue weighted by Crippen LogP contribution is -2.46. The van der Waals surface area contributed by atoms with Crippen molar-refractivity contribution in [2.45, 2.75) is 64.1 Å². The van der Waals surface area contributed by atoms with Crippen molar-refractivity contribution in [2.24, 2.45) is 0 Å². The van der Waals surface area contributed by atoms with E-state index in [-0.39, 0.29) is 11.6 Å². The predicted molar refractivity (Wildman–Crippen MR) is 55.8 cm³/mol. The fourth-order valence-corrected chi connectivity index (χ4v) is 2.03. The Labute approximate surface area is 81.9 Å². The maximum absolute atomic E-state index is 9.46. The fourth-order valence-electron chi connectivity index (χ4n) is 2.03. The van der Waals surface area contributed by atoms with E-state index >= 15 is 0 Å². The molecule has 0 aromatic rings. The molecule has 0 aliphatic heterocycles. The Kier molecular flexibility index (Phi) is 3.36. The number of rotatable bonds is 3. The molecule has 1 aliphatic rings. The Morgan fingerprint density at radius 2 is 2.00 bits per heavy atom. The van der Waals surface area contributed by atoms with E-state index in [2.05, 4.69) is 32.7 Å². The van der Waals surface area contributed by atoms with Crippen LogP contribution in [-0.4, -0.2) is 34.7 Å². The summed E-state index contributed by atoms with van der Waals surface area (Å²) in [7, 11) is 2.19. The molecule has 1 saturated carbocycles. The van der Waals surface area contributed by atoms with E-state index in [1.54, 1.807) is 0 Å². The van der Waals surface area contributed by atoms with E-state index in [4.69, 9.17) is 0 Å². The first-order chi connectivity index (χ1) is 5.97. The summed E-state index contributed by atoms with van der Waals surface area (Å²) in [6.45, 7) is 6.78. The van der Waals surface area contributed by atoms with E-state index in [0.717, 1.165) is 25.7 Å². The zero-order valence-electron chi connectivity index (χ0n) is 9.38. The Morgan fingerprint density at radius 3 is 2.38 bits per heavy atom. The molecule has 2 unspecified atom stereocenters. The lowest BCUT2D eigenvalue weighted by molar-refractivity contribution is 0.0879. The van der Waals surface area contributed by atoms with Crippen LogP contribution in [0.25, 0.3) is 0 Å². The minimum atomic E-state index is -0.0555. The maximum atomic E-state index is 9.46. The van der Waals surface area contributed by atoms with Gasteiger partial charge in [0.05, 0.1) is 6.10 Å². The van der Waals surface area contributed by atoms with Crippen molar-refractivity contribution in [3.05, 3.63) is 0 Å². The molecule has 2 atom stereocenters. The SMILES string of the molecule is CCC(C)(C)N(C)C1CCC(O)C1. The van der Waals surface area contributed by atoms with Gasteiger partial charge >= 0.3 is 0 Å². The average Bonchev–Trinajstić information content (AvgIpc) is 2.50. The van der Waals surface area contributed by atoms with Crippen LogP contribution in [0.3, 0.4) is 0 Å². The van der Waals surface area contributed by atoms with Crippen LogP contribution in [0.4, 0.5) is 0 Å². The maximum Gasteiger partial charge on any atom is 0.0555 e.